The zero-order chi connectivity index (χ0) is 16.7. The van der Waals surface area contributed by atoms with Crippen molar-refractivity contribution in [2.75, 3.05) is 32.9 Å². The first-order valence-corrected chi connectivity index (χ1v) is 9.86. The van der Waals surface area contributed by atoms with Crippen LogP contribution in [0, 0.1) is 5.41 Å². The van der Waals surface area contributed by atoms with Gasteiger partial charge in [0.25, 0.3) is 0 Å². The number of piperidine rings is 1. The van der Waals surface area contributed by atoms with Crippen molar-refractivity contribution in [1.82, 2.24) is 10.2 Å². The Morgan fingerprint density at radius 3 is 2.48 bits per heavy atom. The number of nitrogens with zero attached hydrogens (tertiary/aromatic N) is 1. The predicted molar refractivity (Wildman–Crippen MR) is 94.9 cm³/mol. The summed E-state index contributed by atoms with van der Waals surface area (Å²) in [7, 11) is 1.21. The minimum absolute atomic E-state index is 0.185. The number of aldehydes is 1. The van der Waals surface area contributed by atoms with E-state index in [0.717, 1.165) is 56.6 Å². The van der Waals surface area contributed by atoms with Gasteiger partial charge in [0, 0.05) is 34.9 Å². The third-order valence-corrected chi connectivity index (χ3v) is 5.85. The molecule has 0 radical (unpaired) electrons. The molecule has 0 aromatic heterocycles. The van der Waals surface area contributed by atoms with Gasteiger partial charge in [-0.1, -0.05) is 12.1 Å². The van der Waals surface area contributed by atoms with Gasteiger partial charge in [-0.05, 0) is 69.1 Å². The average molecular weight is 337 g/mol. The average Bonchev–Trinajstić information content (AvgIpc) is 2.55. The molecule has 128 valence electrons. The highest BCUT2D eigenvalue weighted by Crippen LogP contribution is 2.35. The van der Waals surface area contributed by atoms with Crippen LogP contribution in [0.1, 0.15) is 31.2 Å². The van der Waals surface area contributed by atoms with E-state index in [9.17, 15) is 9.00 Å². The topological polar surface area (TPSA) is 49.4 Å². The molecule has 0 amide bonds. The van der Waals surface area contributed by atoms with Gasteiger partial charge >= 0.3 is 0 Å². The molecule has 1 atom stereocenters. The lowest BCUT2D eigenvalue weighted by Gasteiger charge is -2.37. The van der Waals surface area contributed by atoms with Gasteiger partial charge in [-0.3, -0.25) is 4.21 Å². The summed E-state index contributed by atoms with van der Waals surface area (Å²) in [5.74, 6) is 0. The fraction of sp³-hybridized carbons (Fsp3) is 0.611. The first kappa shape index (κ1) is 18.3. The van der Waals surface area contributed by atoms with E-state index in [-0.39, 0.29) is 5.41 Å². The van der Waals surface area contributed by atoms with Gasteiger partial charge < -0.3 is 15.0 Å². The van der Waals surface area contributed by atoms with Crippen molar-refractivity contribution in [3.8, 4) is 0 Å². The second kappa shape index (κ2) is 8.71. The summed E-state index contributed by atoms with van der Waals surface area (Å²) in [5, 5.41) is 3.39. The van der Waals surface area contributed by atoms with E-state index in [1.54, 1.807) is 6.26 Å². The first-order valence-electron chi connectivity index (χ1n) is 8.30. The van der Waals surface area contributed by atoms with Crippen molar-refractivity contribution >= 4 is 17.1 Å². The summed E-state index contributed by atoms with van der Waals surface area (Å²) >= 11 is 0. The van der Waals surface area contributed by atoms with E-state index < -0.39 is 10.8 Å². The number of rotatable bonds is 8. The van der Waals surface area contributed by atoms with Gasteiger partial charge in [0.2, 0.25) is 0 Å². The summed E-state index contributed by atoms with van der Waals surface area (Å²) in [6.45, 7) is 3.92. The smallest absolute Gasteiger partial charge is 0.120 e. The van der Waals surface area contributed by atoms with Crippen LogP contribution in [0.15, 0.2) is 29.2 Å². The molecule has 2 rings (SSSR count). The normalized spacial score (nSPS) is 18.7. The van der Waals surface area contributed by atoms with Crippen LogP contribution in [-0.2, 0) is 22.1 Å². The monoisotopic (exact) mass is 336 g/mol. The Balaban J connectivity index is 1.86. The SMILES string of the molecule is CN(CCC1(CC=O)CCNCC1)Cc1ccc(S(C)=O)cc1. The Morgan fingerprint density at radius 2 is 1.91 bits per heavy atom. The minimum Gasteiger partial charge on any atom is -0.317 e. The molecule has 1 heterocycles. The maximum Gasteiger partial charge on any atom is 0.120 e. The molecular weight excluding hydrogens is 308 g/mol. The minimum atomic E-state index is -0.917. The van der Waals surface area contributed by atoms with Gasteiger partial charge in [-0.2, -0.15) is 0 Å². The van der Waals surface area contributed by atoms with Crippen molar-refractivity contribution in [3.63, 3.8) is 0 Å². The lowest BCUT2D eigenvalue weighted by molar-refractivity contribution is -0.110. The standard InChI is InChI=1S/C18H28N2O2S/c1-20(15-16-3-5-17(6-4-16)23(2)22)13-9-18(10-14-21)7-11-19-12-8-18/h3-6,14,19H,7-13,15H2,1-2H3. The molecule has 1 N–H and O–H groups in total. The third-order valence-electron chi connectivity index (χ3n) is 4.91. The summed E-state index contributed by atoms with van der Waals surface area (Å²) in [5.41, 5.74) is 1.42. The molecule has 1 aliphatic heterocycles. The van der Waals surface area contributed by atoms with Crippen LogP contribution in [0.25, 0.3) is 0 Å². The number of carbonyl (C=O) groups is 1. The molecule has 1 aromatic rings. The van der Waals surface area contributed by atoms with Gasteiger partial charge in [0.15, 0.2) is 0 Å². The Hall–Kier alpha value is -1.04. The Morgan fingerprint density at radius 1 is 1.26 bits per heavy atom. The number of hydrogen-bond donors (Lipinski definition) is 1. The predicted octanol–water partition coefficient (Wildman–Crippen LogP) is 2.20. The summed E-state index contributed by atoms with van der Waals surface area (Å²) in [6.07, 6.45) is 6.73. The molecular formula is C18H28N2O2S. The van der Waals surface area contributed by atoms with Crippen molar-refractivity contribution in [1.29, 1.82) is 0 Å². The largest absolute Gasteiger partial charge is 0.317 e. The van der Waals surface area contributed by atoms with Crippen molar-refractivity contribution in [3.05, 3.63) is 29.8 Å². The highest BCUT2D eigenvalue weighted by molar-refractivity contribution is 7.84. The first-order chi connectivity index (χ1) is 11.0. The Labute approximate surface area is 142 Å². The maximum atomic E-state index is 11.4. The summed E-state index contributed by atoms with van der Waals surface area (Å²) in [4.78, 5) is 14.2. The van der Waals surface area contributed by atoms with Crippen LogP contribution in [0.4, 0.5) is 0 Å². The van der Waals surface area contributed by atoms with Crippen LogP contribution in [-0.4, -0.2) is 48.3 Å². The van der Waals surface area contributed by atoms with Gasteiger partial charge in [0.1, 0.15) is 6.29 Å². The zero-order valence-electron chi connectivity index (χ0n) is 14.2. The molecule has 0 aliphatic carbocycles. The van der Waals surface area contributed by atoms with E-state index in [2.05, 4.69) is 29.4 Å². The van der Waals surface area contributed by atoms with Crippen LogP contribution in [0.3, 0.4) is 0 Å². The quantitative estimate of drug-likeness (QED) is 0.740. The molecule has 1 saturated heterocycles. The molecule has 4 nitrogen and oxygen atoms in total. The highest BCUT2D eigenvalue weighted by Gasteiger charge is 2.31. The van der Waals surface area contributed by atoms with E-state index in [0.29, 0.717) is 6.42 Å². The molecule has 0 spiro atoms. The van der Waals surface area contributed by atoms with Gasteiger partial charge in [-0.25, -0.2) is 0 Å². The number of nitrogens with one attached hydrogen (secondary N) is 1. The molecule has 1 aliphatic rings. The van der Waals surface area contributed by atoms with Crippen LogP contribution in [0.5, 0.6) is 0 Å². The van der Waals surface area contributed by atoms with Crippen LogP contribution < -0.4 is 5.32 Å². The fourth-order valence-corrected chi connectivity index (χ4v) is 3.81. The zero-order valence-corrected chi connectivity index (χ0v) is 15.0. The lowest BCUT2D eigenvalue weighted by atomic mass is 9.74. The second-order valence-corrected chi connectivity index (χ2v) is 8.09. The highest BCUT2D eigenvalue weighted by atomic mass is 32.2. The van der Waals surface area contributed by atoms with Crippen LogP contribution >= 0.6 is 0 Å². The Bertz CT molecular complexity index is 524. The van der Waals surface area contributed by atoms with E-state index >= 15 is 0 Å². The molecule has 5 heteroatoms. The van der Waals surface area contributed by atoms with Crippen LogP contribution in [0.2, 0.25) is 0 Å². The fourth-order valence-electron chi connectivity index (χ4n) is 3.30. The lowest BCUT2D eigenvalue weighted by Crippen LogP contribution is -2.39. The van der Waals surface area contributed by atoms with Gasteiger partial charge in [0.05, 0.1) is 0 Å². The summed E-state index contributed by atoms with van der Waals surface area (Å²) in [6, 6.07) is 8.00. The van der Waals surface area contributed by atoms with Crippen molar-refractivity contribution in [2.24, 2.45) is 5.41 Å². The second-order valence-electron chi connectivity index (χ2n) is 6.71. The molecule has 23 heavy (non-hydrogen) atoms. The molecule has 0 bridgehead atoms. The molecule has 1 fully saturated rings. The molecule has 1 aromatic carbocycles. The van der Waals surface area contributed by atoms with E-state index in [1.165, 1.54) is 5.56 Å². The number of carbonyl (C=O) groups excluding carboxylic acids is 1. The summed E-state index contributed by atoms with van der Waals surface area (Å²) < 4.78 is 11.4. The maximum absolute atomic E-state index is 11.4. The van der Waals surface area contributed by atoms with Gasteiger partial charge in [-0.15, -0.1) is 0 Å². The molecule has 1 unspecified atom stereocenters. The van der Waals surface area contributed by atoms with Crippen molar-refractivity contribution < 1.29 is 9.00 Å². The van der Waals surface area contributed by atoms with E-state index in [4.69, 9.17) is 0 Å². The third kappa shape index (κ3) is 5.52. The number of benzene rings is 1. The van der Waals surface area contributed by atoms with E-state index in [1.807, 2.05) is 12.1 Å². The Kier molecular flexibility index (Phi) is 6.93. The molecule has 0 saturated carbocycles. The number of hydrogen-bond acceptors (Lipinski definition) is 4. The van der Waals surface area contributed by atoms with Crippen molar-refractivity contribution in [2.45, 2.75) is 37.1 Å².